The molecule has 1 atom stereocenters. The van der Waals surface area contributed by atoms with Crippen LogP contribution in [0.15, 0.2) is 18.2 Å². The molecular weight excluding hydrogens is 244 g/mol. The molecule has 0 radical (unpaired) electrons. The van der Waals surface area contributed by atoms with Crippen LogP contribution in [-0.2, 0) is 6.42 Å². The minimum atomic E-state index is 0.196. The van der Waals surface area contributed by atoms with Crippen LogP contribution in [0.5, 0.6) is 0 Å². The fourth-order valence-electron chi connectivity index (χ4n) is 2.02. The minimum Gasteiger partial charge on any atom is -0.374 e. The van der Waals surface area contributed by atoms with Gasteiger partial charge in [-0.1, -0.05) is 38.4 Å². The van der Waals surface area contributed by atoms with Crippen LogP contribution in [0.2, 0.25) is 5.02 Å². The highest BCUT2D eigenvalue weighted by molar-refractivity contribution is 6.31. The molecule has 0 fully saturated rings. The summed E-state index contributed by atoms with van der Waals surface area (Å²) in [5.41, 5.74) is 8.28. The number of benzene rings is 1. The van der Waals surface area contributed by atoms with Crippen molar-refractivity contribution in [2.45, 2.75) is 39.7 Å². The molecule has 0 aromatic heterocycles. The van der Waals surface area contributed by atoms with Gasteiger partial charge < -0.3 is 10.6 Å². The van der Waals surface area contributed by atoms with Gasteiger partial charge in [0, 0.05) is 30.3 Å². The number of hydrogen-bond acceptors (Lipinski definition) is 2. The van der Waals surface area contributed by atoms with Crippen molar-refractivity contribution in [3.05, 3.63) is 28.8 Å². The van der Waals surface area contributed by atoms with Crippen molar-refractivity contribution in [3.8, 4) is 0 Å². The van der Waals surface area contributed by atoms with Crippen LogP contribution in [0, 0.1) is 5.92 Å². The zero-order chi connectivity index (χ0) is 13.7. The lowest BCUT2D eigenvalue weighted by Crippen LogP contribution is -2.23. The molecule has 1 aromatic rings. The predicted octanol–water partition coefficient (Wildman–Crippen LogP) is 3.71. The van der Waals surface area contributed by atoms with E-state index in [1.54, 1.807) is 0 Å². The number of rotatable bonds is 6. The van der Waals surface area contributed by atoms with Gasteiger partial charge in [-0.15, -0.1) is 0 Å². The maximum atomic E-state index is 6.33. The second-order valence-corrected chi connectivity index (χ2v) is 5.83. The number of nitrogens with two attached hydrogens (primary N) is 1. The molecule has 0 aliphatic heterocycles. The van der Waals surface area contributed by atoms with Gasteiger partial charge in [0.2, 0.25) is 0 Å². The molecule has 2 nitrogen and oxygen atoms in total. The molecule has 0 bridgehead atoms. The van der Waals surface area contributed by atoms with Gasteiger partial charge in [0.05, 0.1) is 0 Å². The first kappa shape index (κ1) is 15.3. The van der Waals surface area contributed by atoms with Crippen LogP contribution in [0.4, 0.5) is 5.69 Å². The van der Waals surface area contributed by atoms with Gasteiger partial charge in [-0.2, -0.15) is 0 Å². The maximum Gasteiger partial charge on any atom is 0.0459 e. The van der Waals surface area contributed by atoms with E-state index in [9.17, 15) is 0 Å². The lowest BCUT2D eigenvalue weighted by atomic mass is 10.0. The molecule has 1 aromatic carbocycles. The fourth-order valence-corrected chi connectivity index (χ4v) is 2.27. The average Bonchev–Trinajstić information content (AvgIpc) is 2.30. The first-order valence-electron chi connectivity index (χ1n) is 6.69. The summed E-state index contributed by atoms with van der Waals surface area (Å²) in [6.45, 7) is 7.56. The first-order chi connectivity index (χ1) is 8.43. The van der Waals surface area contributed by atoms with Crippen LogP contribution >= 0.6 is 11.6 Å². The summed E-state index contributed by atoms with van der Waals surface area (Å²) in [4.78, 5) is 2.24. The highest BCUT2D eigenvalue weighted by Crippen LogP contribution is 2.24. The molecule has 0 amide bonds. The average molecular weight is 269 g/mol. The van der Waals surface area contributed by atoms with E-state index < -0.39 is 0 Å². The Labute approximate surface area is 116 Å². The molecule has 1 unspecified atom stereocenters. The summed E-state index contributed by atoms with van der Waals surface area (Å²) in [5, 5.41) is 0.826. The fraction of sp³-hybridized carbons (Fsp3) is 0.600. The predicted molar refractivity (Wildman–Crippen MR) is 81.5 cm³/mol. The van der Waals surface area contributed by atoms with Crippen molar-refractivity contribution in [1.82, 2.24) is 0 Å². The van der Waals surface area contributed by atoms with Gasteiger partial charge in [-0.3, -0.25) is 0 Å². The molecule has 1 rings (SSSR count). The van der Waals surface area contributed by atoms with E-state index in [-0.39, 0.29) is 6.04 Å². The van der Waals surface area contributed by atoms with Crippen LogP contribution in [0.25, 0.3) is 0 Å². The third-order valence-electron chi connectivity index (χ3n) is 3.12. The van der Waals surface area contributed by atoms with Gasteiger partial charge in [0.1, 0.15) is 0 Å². The van der Waals surface area contributed by atoms with Crippen molar-refractivity contribution < 1.29 is 0 Å². The van der Waals surface area contributed by atoms with Crippen LogP contribution in [0.3, 0.4) is 0 Å². The number of anilines is 1. The van der Waals surface area contributed by atoms with Crippen LogP contribution in [-0.4, -0.2) is 19.6 Å². The van der Waals surface area contributed by atoms with Crippen molar-refractivity contribution in [1.29, 1.82) is 0 Å². The molecule has 2 N–H and O–H groups in total. The van der Waals surface area contributed by atoms with E-state index in [0.717, 1.165) is 30.0 Å². The summed E-state index contributed by atoms with van der Waals surface area (Å²) in [6.07, 6.45) is 1.83. The standard InChI is InChI=1S/C15H25ClN2/c1-5-13(17)8-12-6-7-14(9-15(12)16)18(4)10-11(2)3/h6-7,9,11,13H,5,8,10,17H2,1-4H3. The molecule has 0 saturated heterocycles. The summed E-state index contributed by atoms with van der Waals surface area (Å²) >= 11 is 6.33. The summed E-state index contributed by atoms with van der Waals surface area (Å²) < 4.78 is 0. The SMILES string of the molecule is CCC(N)Cc1ccc(N(C)CC(C)C)cc1Cl. The highest BCUT2D eigenvalue weighted by atomic mass is 35.5. The molecule has 0 aliphatic carbocycles. The lowest BCUT2D eigenvalue weighted by molar-refractivity contribution is 0.637. The first-order valence-corrected chi connectivity index (χ1v) is 7.07. The molecule has 0 spiro atoms. The van der Waals surface area contributed by atoms with Crippen molar-refractivity contribution in [3.63, 3.8) is 0 Å². The number of hydrogen-bond donors (Lipinski definition) is 1. The smallest absolute Gasteiger partial charge is 0.0459 e. The van der Waals surface area contributed by atoms with Crippen LogP contribution in [0.1, 0.15) is 32.8 Å². The normalized spacial score (nSPS) is 12.8. The summed E-state index contributed by atoms with van der Waals surface area (Å²) in [6, 6.07) is 6.47. The Kier molecular flexibility index (Phi) is 5.97. The van der Waals surface area contributed by atoms with Crippen LogP contribution < -0.4 is 10.6 Å². The molecule has 0 heterocycles. The van der Waals surface area contributed by atoms with Gasteiger partial charge in [0.15, 0.2) is 0 Å². The molecule has 3 heteroatoms. The Morgan fingerprint density at radius 2 is 2.00 bits per heavy atom. The Balaban J connectivity index is 2.78. The lowest BCUT2D eigenvalue weighted by Gasteiger charge is -2.22. The van der Waals surface area contributed by atoms with E-state index in [2.05, 4.69) is 44.9 Å². The van der Waals surface area contributed by atoms with Gasteiger partial charge in [-0.25, -0.2) is 0 Å². The van der Waals surface area contributed by atoms with Gasteiger partial charge in [-0.05, 0) is 36.5 Å². The van der Waals surface area contributed by atoms with Crippen molar-refractivity contribution in [2.24, 2.45) is 11.7 Å². The Bertz CT molecular complexity index is 377. The Morgan fingerprint density at radius 1 is 1.33 bits per heavy atom. The zero-order valence-corrected chi connectivity index (χ0v) is 12.7. The monoisotopic (exact) mass is 268 g/mol. The second kappa shape index (κ2) is 7.01. The summed E-state index contributed by atoms with van der Waals surface area (Å²) in [5.74, 6) is 0.641. The van der Waals surface area contributed by atoms with Crippen molar-refractivity contribution in [2.75, 3.05) is 18.5 Å². The van der Waals surface area contributed by atoms with E-state index >= 15 is 0 Å². The highest BCUT2D eigenvalue weighted by Gasteiger charge is 2.09. The van der Waals surface area contributed by atoms with Gasteiger partial charge in [0.25, 0.3) is 0 Å². The van der Waals surface area contributed by atoms with Crippen molar-refractivity contribution >= 4 is 17.3 Å². The Hall–Kier alpha value is -0.730. The Morgan fingerprint density at radius 3 is 2.50 bits per heavy atom. The third-order valence-corrected chi connectivity index (χ3v) is 3.47. The number of nitrogens with zero attached hydrogens (tertiary/aromatic N) is 1. The molecular formula is C15H25ClN2. The topological polar surface area (TPSA) is 29.3 Å². The second-order valence-electron chi connectivity index (χ2n) is 5.42. The molecule has 102 valence electrons. The molecule has 18 heavy (non-hydrogen) atoms. The maximum absolute atomic E-state index is 6.33. The third kappa shape index (κ3) is 4.51. The van der Waals surface area contributed by atoms with E-state index in [1.807, 2.05) is 6.07 Å². The molecule has 0 saturated carbocycles. The molecule has 0 aliphatic rings. The van der Waals surface area contributed by atoms with E-state index in [4.69, 9.17) is 17.3 Å². The summed E-state index contributed by atoms with van der Waals surface area (Å²) in [7, 11) is 2.10. The van der Waals surface area contributed by atoms with Gasteiger partial charge >= 0.3 is 0 Å². The zero-order valence-electron chi connectivity index (χ0n) is 11.9. The quantitative estimate of drug-likeness (QED) is 0.852. The van der Waals surface area contributed by atoms with E-state index in [1.165, 1.54) is 5.69 Å². The largest absolute Gasteiger partial charge is 0.374 e. The minimum absolute atomic E-state index is 0.196. The number of halogens is 1. The van der Waals surface area contributed by atoms with E-state index in [0.29, 0.717) is 5.92 Å².